The van der Waals surface area contributed by atoms with Gasteiger partial charge in [-0.15, -0.1) is 0 Å². The zero-order valence-corrected chi connectivity index (χ0v) is 11.7. The summed E-state index contributed by atoms with van der Waals surface area (Å²) in [7, 11) is -1.96. The summed E-state index contributed by atoms with van der Waals surface area (Å²) >= 11 is 0. The van der Waals surface area contributed by atoms with Crippen molar-refractivity contribution < 1.29 is 22.7 Å². The van der Waals surface area contributed by atoms with Crippen LogP contribution in [0, 0.1) is 0 Å². The fourth-order valence-electron chi connectivity index (χ4n) is 1.33. The molecule has 0 saturated carbocycles. The minimum absolute atomic E-state index is 0.124. The predicted molar refractivity (Wildman–Crippen MR) is 70.7 cm³/mol. The molecule has 0 atom stereocenters. The van der Waals surface area contributed by atoms with Gasteiger partial charge in [0.05, 0.1) is 18.6 Å². The molecule has 1 rings (SSSR count). The Kier molecular flexibility index (Phi) is 4.66. The highest BCUT2D eigenvalue weighted by molar-refractivity contribution is 7.92. The second-order valence-corrected chi connectivity index (χ2v) is 5.84. The molecule has 19 heavy (non-hydrogen) atoms. The third-order valence-electron chi connectivity index (χ3n) is 2.45. The second kappa shape index (κ2) is 5.83. The van der Waals surface area contributed by atoms with Crippen molar-refractivity contribution in [1.82, 2.24) is 0 Å². The van der Waals surface area contributed by atoms with Crippen LogP contribution >= 0.6 is 0 Å². The first-order valence-corrected chi connectivity index (χ1v) is 7.37. The van der Waals surface area contributed by atoms with Crippen molar-refractivity contribution in [3.63, 3.8) is 0 Å². The number of Topliss-reactive ketones (excluding diaryl/α,β-unsaturated/α-hetero) is 1. The van der Waals surface area contributed by atoms with Crippen LogP contribution in [0.3, 0.4) is 0 Å². The fraction of sp³-hybridized carbons (Fsp3) is 0.333. The van der Waals surface area contributed by atoms with Crippen LogP contribution in [0.1, 0.15) is 17.3 Å². The van der Waals surface area contributed by atoms with E-state index in [9.17, 15) is 18.0 Å². The number of anilines is 1. The zero-order valence-electron chi connectivity index (χ0n) is 10.9. The van der Waals surface area contributed by atoms with E-state index < -0.39 is 21.8 Å². The number of rotatable bonds is 5. The largest absolute Gasteiger partial charge is 0.460 e. The maximum Gasteiger partial charge on any atom is 0.379 e. The molecule has 0 radical (unpaired) electrons. The molecule has 7 heteroatoms. The molecular weight excluding hydrogens is 270 g/mol. The molecule has 0 fully saturated rings. The molecule has 0 bridgehead atoms. The molecule has 0 aliphatic rings. The Morgan fingerprint density at radius 2 is 1.74 bits per heavy atom. The maximum absolute atomic E-state index is 11.6. The molecule has 1 aromatic carbocycles. The van der Waals surface area contributed by atoms with Gasteiger partial charge in [-0.2, -0.15) is 0 Å². The first-order valence-electron chi connectivity index (χ1n) is 5.52. The lowest BCUT2D eigenvalue weighted by Crippen LogP contribution is -2.25. The molecule has 0 heterocycles. The number of carbonyl (C=O) groups is 2. The Balaban J connectivity index is 2.94. The lowest BCUT2D eigenvalue weighted by Gasteiger charge is -2.16. The van der Waals surface area contributed by atoms with Gasteiger partial charge in [0.1, 0.15) is 0 Å². The lowest BCUT2D eigenvalue weighted by molar-refractivity contribution is -0.137. The Labute approximate surface area is 112 Å². The Hall–Kier alpha value is -1.89. The van der Waals surface area contributed by atoms with E-state index in [1.54, 1.807) is 6.92 Å². The van der Waals surface area contributed by atoms with Crippen LogP contribution in [0.25, 0.3) is 0 Å². The van der Waals surface area contributed by atoms with Crippen LogP contribution in [-0.2, 0) is 19.6 Å². The van der Waals surface area contributed by atoms with Gasteiger partial charge in [0, 0.05) is 12.6 Å². The van der Waals surface area contributed by atoms with Crippen molar-refractivity contribution in [2.75, 3.05) is 24.2 Å². The molecule has 0 spiro atoms. The van der Waals surface area contributed by atoms with Crippen molar-refractivity contribution in [2.24, 2.45) is 0 Å². The van der Waals surface area contributed by atoms with Gasteiger partial charge >= 0.3 is 5.97 Å². The van der Waals surface area contributed by atoms with E-state index in [0.717, 1.165) is 10.6 Å². The lowest BCUT2D eigenvalue weighted by atomic mass is 10.1. The number of benzene rings is 1. The number of hydrogen-bond donors (Lipinski definition) is 0. The summed E-state index contributed by atoms with van der Waals surface area (Å²) in [5.41, 5.74) is 0.562. The first-order chi connectivity index (χ1) is 8.77. The van der Waals surface area contributed by atoms with Crippen molar-refractivity contribution in [3.05, 3.63) is 29.8 Å². The standard InChI is InChI=1S/C12H15NO5S/c1-4-18-12(15)11(14)9-5-7-10(8-6-9)13(2)19(3,16)17/h5-8H,4H2,1-3H3. The average Bonchev–Trinajstić information content (AvgIpc) is 2.36. The van der Waals surface area contributed by atoms with Crippen molar-refractivity contribution in [3.8, 4) is 0 Å². The number of nitrogens with zero attached hydrogens (tertiary/aromatic N) is 1. The molecule has 0 unspecified atom stereocenters. The van der Waals surface area contributed by atoms with Gasteiger partial charge in [-0.05, 0) is 31.2 Å². The maximum atomic E-state index is 11.6. The molecule has 104 valence electrons. The molecule has 0 aliphatic carbocycles. The van der Waals surface area contributed by atoms with E-state index >= 15 is 0 Å². The fourth-order valence-corrected chi connectivity index (χ4v) is 1.83. The number of ketones is 1. The van der Waals surface area contributed by atoms with Crippen LogP contribution in [0.15, 0.2) is 24.3 Å². The van der Waals surface area contributed by atoms with Crippen molar-refractivity contribution in [2.45, 2.75) is 6.92 Å². The van der Waals surface area contributed by atoms with Gasteiger partial charge in [0.25, 0.3) is 5.78 Å². The topological polar surface area (TPSA) is 80.8 Å². The summed E-state index contributed by atoms with van der Waals surface area (Å²) in [4.78, 5) is 22.8. The van der Waals surface area contributed by atoms with E-state index in [4.69, 9.17) is 0 Å². The summed E-state index contributed by atoms with van der Waals surface area (Å²) in [5, 5.41) is 0. The second-order valence-electron chi connectivity index (χ2n) is 3.83. The van der Waals surface area contributed by atoms with Crippen molar-refractivity contribution in [1.29, 1.82) is 0 Å². The summed E-state index contributed by atoms with van der Waals surface area (Å²) in [6.45, 7) is 1.73. The van der Waals surface area contributed by atoms with Crippen LogP contribution in [0.5, 0.6) is 0 Å². The third-order valence-corrected chi connectivity index (χ3v) is 3.66. The summed E-state index contributed by atoms with van der Waals surface area (Å²) < 4.78 is 28.3. The molecule has 0 aromatic heterocycles. The number of sulfonamides is 1. The highest BCUT2D eigenvalue weighted by Gasteiger charge is 2.18. The molecular formula is C12H15NO5S. The average molecular weight is 285 g/mol. The Morgan fingerprint density at radius 3 is 2.16 bits per heavy atom. The number of hydrogen-bond acceptors (Lipinski definition) is 5. The van der Waals surface area contributed by atoms with Crippen LogP contribution in [0.4, 0.5) is 5.69 Å². The normalized spacial score (nSPS) is 10.9. The van der Waals surface area contributed by atoms with Gasteiger partial charge in [-0.25, -0.2) is 13.2 Å². The van der Waals surface area contributed by atoms with Crippen LogP contribution in [-0.4, -0.2) is 40.1 Å². The van der Waals surface area contributed by atoms with E-state index in [2.05, 4.69) is 4.74 Å². The van der Waals surface area contributed by atoms with E-state index in [1.807, 2.05) is 0 Å². The number of ether oxygens (including phenoxy) is 1. The molecule has 0 amide bonds. The van der Waals surface area contributed by atoms with Gasteiger partial charge in [0.15, 0.2) is 0 Å². The van der Waals surface area contributed by atoms with Crippen LogP contribution < -0.4 is 4.31 Å². The van der Waals surface area contributed by atoms with Crippen LogP contribution in [0.2, 0.25) is 0 Å². The number of esters is 1. The minimum atomic E-state index is -3.36. The SMILES string of the molecule is CCOC(=O)C(=O)c1ccc(N(C)S(C)(=O)=O)cc1. The third kappa shape index (κ3) is 3.78. The van der Waals surface area contributed by atoms with Gasteiger partial charge in [-0.1, -0.05) is 0 Å². The Bertz CT molecular complexity index is 577. The minimum Gasteiger partial charge on any atom is -0.460 e. The molecule has 6 nitrogen and oxygen atoms in total. The molecule has 0 aliphatic heterocycles. The van der Waals surface area contributed by atoms with Crippen molar-refractivity contribution >= 4 is 27.5 Å². The quantitative estimate of drug-likeness (QED) is 0.455. The summed E-state index contributed by atoms with van der Waals surface area (Å²) in [6.07, 6.45) is 1.07. The van der Waals surface area contributed by atoms with E-state index in [-0.39, 0.29) is 12.2 Å². The molecule has 1 aromatic rings. The monoisotopic (exact) mass is 285 g/mol. The van der Waals surface area contributed by atoms with E-state index in [0.29, 0.717) is 5.69 Å². The first kappa shape index (κ1) is 15.2. The molecule has 0 saturated heterocycles. The van der Waals surface area contributed by atoms with E-state index in [1.165, 1.54) is 31.3 Å². The molecule has 0 N–H and O–H groups in total. The van der Waals surface area contributed by atoms with Gasteiger partial charge in [-0.3, -0.25) is 9.10 Å². The smallest absolute Gasteiger partial charge is 0.379 e. The highest BCUT2D eigenvalue weighted by Crippen LogP contribution is 2.16. The summed E-state index contributed by atoms with van der Waals surface area (Å²) in [5.74, 6) is -1.68. The predicted octanol–water partition coefficient (Wildman–Crippen LogP) is 0.828. The zero-order chi connectivity index (χ0) is 14.6. The Morgan fingerprint density at radius 1 is 1.21 bits per heavy atom. The van der Waals surface area contributed by atoms with Gasteiger partial charge < -0.3 is 4.74 Å². The summed E-state index contributed by atoms with van der Waals surface area (Å²) in [6, 6.07) is 5.67. The number of carbonyl (C=O) groups excluding carboxylic acids is 2. The highest BCUT2D eigenvalue weighted by atomic mass is 32.2. The van der Waals surface area contributed by atoms with Gasteiger partial charge in [0.2, 0.25) is 10.0 Å².